The molecule has 4 rings (SSSR count). The zero-order valence-corrected chi connectivity index (χ0v) is 12.3. The molecule has 3 aromatic rings. The van der Waals surface area contributed by atoms with Gasteiger partial charge in [-0.1, -0.05) is 48.5 Å². The molecule has 0 radical (unpaired) electrons. The van der Waals surface area contributed by atoms with E-state index in [9.17, 15) is 0 Å². The Hall–Kier alpha value is -2.30. The molecular formula is C18H18N4. The molecule has 1 aliphatic rings. The van der Waals surface area contributed by atoms with Gasteiger partial charge in [0.2, 0.25) is 0 Å². The number of nitrogens with two attached hydrogens (primary N) is 1. The summed E-state index contributed by atoms with van der Waals surface area (Å²) in [6.45, 7) is 1.73. The highest BCUT2D eigenvalue weighted by Gasteiger charge is 2.25. The Labute approximate surface area is 129 Å². The maximum atomic E-state index is 5.90. The molecule has 0 amide bonds. The van der Waals surface area contributed by atoms with Gasteiger partial charge in [-0.3, -0.25) is 5.84 Å². The van der Waals surface area contributed by atoms with E-state index >= 15 is 0 Å². The lowest BCUT2D eigenvalue weighted by Gasteiger charge is -2.13. The van der Waals surface area contributed by atoms with Gasteiger partial charge in [0.05, 0.1) is 11.2 Å². The number of hydrazine groups is 1. The van der Waals surface area contributed by atoms with E-state index in [1.807, 2.05) is 35.3 Å². The maximum absolute atomic E-state index is 5.90. The molecule has 4 heteroatoms. The summed E-state index contributed by atoms with van der Waals surface area (Å²) in [5.41, 5.74) is 3.14. The standard InChI is InChI=1S/C18H18N4/c19-22-11-10-14(12-22)18-20-16-9-5-4-8-15(16)17(21-18)13-6-2-1-3-7-13/h1-9,14H,10-12,19H2/t14-/m0/s1. The first-order valence-corrected chi connectivity index (χ1v) is 7.63. The van der Waals surface area contributed by atoms with Crippen molar-refractivity contribution in [1.82, 2.24) is 15.0 Å². The molecule has 2 aromatic carbocycles. The summed E-state index contributed by atoms with van der Waals surface area (Å²) in [6, 6.07) is 18.5. The lowest BCUT2D eigenvalue weighted by atomic mass is 10.0. The molecule has 1 fully saturated rings. The number of fused-ring (bicyclic) bond motifs is 1. The number of hydrogen-bond acceptors (Lipinski definition) is 4. The van der Waals surface area contributed by atoms with Crippen LogP contribution in [-0.2, 0) is 0 Å². The molecule has 22 heavy (non-hydrogen) atoms. The fraction of sp³-hybridized carbons (Fsp3) is 0.222. The van der Waals surface area contributed by atoms with Gasteiger partial charge in [-0.25, -0.2) is 15.0 Å². The third kappa shape index (κ3) is 2.36. The number of nitrogens with zero attached hydrogens (tertiary/aromatic N) is 3. The predicted molar refractivity (Wildman–Crippen MR) is 88.1 cm³/mol. The second-order valence-corrected chi connectivity index (χ2v) is 5.79. The van der Waals surface area contributed by atoms with Gasteiger partial charge in [0, 0.05) is 30.0 Å². The number of hydrogen-bond donors (Lipinski definition) is 1. The van der Waals surface area contributed by atoms with Crippen LogP contribution in [0.1, 0.15) is 18.2 Å². The normalized spacial score (nSPS) is 18.9. The van der Waals surface area contributed by atoms with Crippen LogP contribution in [0, 0.1) is 0 Å². The van der Waals surface area contributed by atoms with Crippen molar-refractivity contribution in [3.05, 3.63) is 60.4 Å². The monoisotopic (exact) mass is 290 g/mol. The second-order valence-electron chi connectivity index (χ2n) is 5.79. The molecule has 2 N–H and O–H groups in total. The predicted octanol–water partition coefficient (Wildman–Crippen LogP) is 2.96. The highest BCUT2D eigenvalue weighted by atomic mass is 15.4. The largest absolute Gasteiger partial charge is 0.269 e. The minimum absolute atomic E-state index is 0.317. The molecule has 0 bridgehead atoms. The molecule has 4 nitrogen and oxygen atoms in total. The van der Waals surface area contributed by atoms with Crippen LogP contribution in [0.5, 0.6) is 0 Å². The smallest absolute Gasteiger partial charge is 0.134 e. The Morgan fingerprint density at radius 1 is 0.955 bits per heavy atom. The maximum Gasteiger partial charge on any atom is 0.134 e. The van der Waals surface area contributed by atoms with Gasteiger partial charge in [-0.2, -0.15) is 0 Å². The lowest BCUT2D eigenvalue weighted by molar-refractivity contribution is 0.348. The first kappa shape index (κ1) is 13.4. The Morgan fingerprint density at radius 3 is 2.50 bits per heavy atom. The van der Waals surface area contributed by atoms with Crippen molar-refractivity contribution in [2.45, 2.75) is 12.3 Å². The van der Waals surface area contributed by atoms with Gasteiger partial charge in [0.25, 0.3) is 0 Å². The third-order valence-electron chi connectivity index (χ3n) is 4.25. The zero-order valence-electron chi connectivity index (χ0n) is 12.3. The summed E-state index contributed by atoms with van der Waals surface area (Å²) < 4.78 is 0. The Morgan fingerprint density at radius 2 is 1.73 bits per heavy atom. The Kier molecular flexibility index (Phi) is 3.33. The van der Waals surface area contributed by atoms with Gasteiger partial charge in [0.15, 0.2) is 0 Å². The molecule has 1 aliphatic heterocycles. The van der Waals surface area contributed by atoms with Crippen LogP contribution < -0.4 is 5.84 Å². The highest BCUT2D eigenvalue weighted by molar-refractivity contribution is 5.92. The molecule has 1 atom stereocenters. The second kappa shape index (κ2) is 5.48. The quantitative estimate of drug-likeness (QED) is 0.737. The van der Waals surface area contributed by atoms with E-state index in [1.165, 1.54) is 0 Å². The van der Waals surface area contributed by atoms with Crippen LogP contribution in [-0.4, -0.2) is 28.1 Å². The van der Waals surface area contributed by atoms with Gasteiger partial charge >= 0.3 is 0 Å². The van der Waals surface area contributed by atoms with Crippen molar-refractivity contribution in [2.75, 3.05) is 13.1 Å². The summed E-state index contributed by atoms with van der Waals surface area (Å²) in [6.07, 6.45) is 1.02. The van der Waals surface area contributed by atoms with Crippen LogP contribution >= 0.6 is 0 Å². The van der Waals surface area contributed by atoms with Crippen LogP contribution in [0.3, 0.4) is 0 Å². The fourth-order valence-corrected chi connectivity index (χ4v) is 3.09. The van der Waals surface area contributed by atoms with Crippen LogP contribution in [0.2, 0.25) is 0 Å². The van der Waals surface area contributed by atoms with E-state index in [-0.39, 0.29) is 0 Å². The van der Waals surface area contributed by atoms with E-state index in [0.29, 0.717) is 5.92 Å². The summed E-state index contributed by atoms with van der Waals surface area (Å²) in [4.78, 5) is 9.68. The van der Waals surface area contributed by atoms with Crippen LogP contribution in [0.15, 0.2) is 54.6 Å². The molecule has 110 valence electrons. The summed E-state index contributed by atoms with van der Waals surface area (Å²) >= 11 is 0. The minimum Gasteiger partial charge on any atom is -0.269 e. The van der Waals surface area contributed by atoms with Crippen molar-refractivity contribution in [3.63, 3.8) is 0 Å². The van der Waals surface area contributed by atoms with Crippen LogP contribution in [0.25, 0.3) is 22.2 Å². The number of para-hydroxylation sites is 1. The highest BCUT2D eigenvalue weighted by Crippen LogP contribution is 2.30. The molecule has 0 saturated carbocycles. The van der Waals surface area contributed by atoms with E-state index < -0.39 is 0 Å². The van der Waals surface area contributed by atoms with E-state index in [4.69, 9.17) is 15.8 Å². The molecule has 0 unspecified atom stereocenters. The van der Waals surface area contributed by atoms with Crippen molar-refractivity contribution in [3.8, 4) is 11.3 Å². The SMILES string of the molecule is NN1CC[C@H](c2nc(-c3ccccc3)c3ccccc3n2)C1. The average molecular weight is 290 g/mol. The molecular weight excluding hydrogens is 272 g/mol. The average Bonchev–Trinajstić information content (AvgIpc) is 3.01. The van der Waals surface area contributed by atoms with Crippen molar-refractivity contribution < 1.29 is 0 Å². The Balaban J connectivity index is 1.90. The topological polar surface area (TPSA) is 55.0 Å². The van der Waals surface area contributed by atoms with Crippen molar-refractivity contribution >= 4 is 10.9 Å². The number of aromatic nitrogens is 2. The van der Waals surface area contributed by atoms with Gasteiger partial charge in [0.1, 0.15) is 5.82 Å². The van der Waals surface area contributed by atoms with Crippen LogP contribution in [0.4, 0.5) is 0 Å². The third-order valence-corrected chi connectivity index (χ3v) is 4.25. The molecule has 1 aromatic heterocycles. The van der Waals surface area contributed by atoms with Crippen molar-refractivity contribution in [2.24, 2.45) is 5.84 Å². The van der Waals surface area contributed by atoms with E-state index in [1.54, 1.807) is 0 Å². The number of rotatable bonds is 2. The van der Waals surface area contributed by atoms with E-state index in [0.717, 1.165) is 47.5 Å². The van der Waals surface area contributed by atoms with E-state index in [2.05, 4.69) is 24.3 Å². The molecule has 0 aliphatic carbocycles. The number of benzene rings is 2. The van der Waals surface area contributed by atoms with Gasteiger partial charge in [-0.05, 0) is 12.5 Å². The fourth-order valence-electron chi connectivity index (χ4n) is 3.09. The van der Waals surface area contributed by atoms with Gasteiger partial charge < -0.3 is 0 Å². The first-order chi connectivity index (χ1) is 10.8. The van der Waals surface area contributed by atoms with Gasteiger partial charge in [-0.15, -0.1) is 0 Å². The summed E-state index contributed by atoms with van der Waals surface area (Å²) in [5.74, 6) is 7.13. The Bertz CT molecular complexity index is 801. The summed E-state index contributed by atoms with van der Waals surface area (Å²) in [7, 11) is 0. The molecule has 2 heterocycles. The lowest BCUT2D eigenvalue weighted by Crippen LogP contribution is -2.27. The minimum atomic E-state index is 0.317. The summed E-state index contributed by atoms with van der Waals surface area (Å²) in [5, 5.41) is 2.95. The molecule has 0 spiro atoms. The zero-order chi connectivity index (χ0) is 14.9. The molecule has 1 saturated heterocycles. The first-order valence-electron chi connectivity index (χ1n) is 7.63. The van der Waals surface area contributed by atoms with Crippen molar-refractivity contribution in [1.29, 1.82) is 0 Å².